The van der Waals surface area contributed by atoms with E-state index in [1.807, 2.05) is 62.7 Å². The number of nitrogens with zero attached hydrogens (tertiary/aromatic N) is 3. The zero-order valence-corrected chi connectivity index (χ0v) is 15.7. The summed E-state index contributed by atoms with van der Waals surface area (Å²) >= 11 is 0. The molecule has 136 valence electrons. The lowest BCUT2D eigenvalue weighted by Crippen LogP contribution is -2.36. The Morgan fingerprint density at radius 3 is 2.74 bits per heavy atom. The number of aromatic amines is 1. The van der Waals surface area contributed by atoms with Gasteiger partial charge in [-0.25, -0.2) is 4.39 Å². The van der Waals surface area contributed by atoms with E-state index in [4.69, 9.17) is 0 Å². The Bertz CT molecular complexity index is 1220. The molecule has 27 heavy (non-hydrogen) atoms. The van der Waals surface area contributed by atoms with Crippen LogP contribution < -0.4 is 5.32 Å². The number of rotatable bonds is 1. The van der Waals surface area contributed by atoms with Crippen molar-refractivity contribution in [3.8, 4) is 16.8 Å². The molecule has 0 atom stereocenters. The number of halogens is 1. The second-order valence-electron chi connectivity index (χ2n) is 7.66. The molecule has 1 aliphatic rings. The molecular weight excluding hydrogens is 341 g/mol. The average Bonchev–Trinajstić information content (AvgIpc) is 3.22. The van der Waals surface area contributed by atoms with Crippen LogP contribution in [0, 0.1) is 19.7 Å². The van der Waals surface area contributed by atoms with Crippen molar-refractivity contribution in [1.82, 2.24) is 19.7 Å². The fourth-order valence-electron chi connectivity index (χ4n) is 4.21. The van der Waals surface area contributed by atoms with E-state index < -0.39 is 5.54 Å². The third-order valence-corrected chi connectivity index (χ3v) is 5.41. The van der Waals surface area contributed by atoms with E-state index in [2.05, 4.69) is 20.5 Å². The molecule has 2 N–H and O–H groups in total. The van der Waals surface area contributed by atoms with E-state index in [0.29, 0.717) is 5.56 Å². The second kappa shape index (κ2) is 5.19. The molecule has 6 heteroatoms. The lowest BCUT2D eigenvalue weighted by Gasteiger charge is -2.35. The lowest BCUT2D eigenvalue weighted by molar-refractivity contribution is 0.532. The molecule has 0 bridgehead atoms. The predicted molar refractivity (Wildman–Crippen MR) is 105 cm³/mol. The van der Waals surface area contributed by atoms with Crippen LogP contribution in [0.2, 0.25) is 0 Å². The van der Waals surface area contributed by atoms with E-state index in [0.717, 1.165) is 45.1 Å². The third-order valence-electron chi connectivity index (χ3n) is 5.41. The molecule has 4 aromatic rings. The quantitative estimate of drug-likeness (QED) is 0.510. The summed E-state index contributed by atoms with van der Waals surface area (Å²) in [4.78, 5) is 3.20. The molecule has 0 fully saturated rings. The minimum absolute atomic E-state index is 0.238. The van der Waals surface area contributed by atoms with Crippen molar-refractivity contribution in [2.75, 3.05) is 5.32 Å². The highest BCUT2D eigenvalue weighted by Gasteiger charge is 2.36. The standard InChI is InChI=1S/C21H20FN5/c1-11-18(14-6-5-7-16-13(14)8-9-23-16)15(22)10-17-19(11)27-12(2)25-26-20(27)21(3,4)24-17/h5-10,23-24H,1-4H3. The fraction of sp³-hybridized carbons (Fsp3) is 0.238. The first-order valence-electron chi connectivity index (χ1n) is 8.99. The number of aryl methyl sites for hydroxylation is 1. The zero-order valence-electron chi connectivity index (χ0n) is 15.7. The number of nitrogens with one attached hydrogen (secondary N) is 2. The van der Waals surface area contributed by atoms with Crippen molar-refractivity contribution in [3.63, 3.8) is 0 Å². The molecule has 0 unspecified atom stereocenters. The van der Waals surface area contributed by atoms with Gasteiger partial charge in [-0.1, -0.05) is 12.1 Å². The van der Waals surface area contributed by atoms with Gasteiger partial charge < -0.3 is 10.3 Å². The van der Waals surface area contributed by atoms with Gasteiger partial charge in [0, 0.05) is 22.7 Å². The topological polar surface area (TPSA) is 58.5 Å². The maximum atomic E-state index is 15.3. The van der Waals surface area contributed by atoms with Crippen molar-refractivity contribution in [1.29, 1.82) is 0 Å². The van der Waals surface area contributed by atoms with E-state index in [-0.39, 0.29) is 5.82 Å². The number of H-pyrrole nitrogens is 1. The van der Waals surface area contributed by atoms with Crippen LogP contribution >= 0.6 is 0 Å². The summed E-state index contributed by atoms with van der Waals surface area (Å²) in [5.41, 5.74) is 4.58. The maximum absolute atomic E-state index is 15.3. The molecule has 2 aromatic carbocycles. The molecule has 0 spiro atoms. The molecular formula is C21H20FN5. The van der Waals surface area contributed by atoms with Crippen LogP contribution in [-0.2, 0) is 5.54 Å². The van der Waals surface area contributed by atoms with Gasteiger partial charge >= 0.3 is 0 Å². The summed E-state index contributed by atoms with van der Waals surface area (Å²) in [5.74, 6) is 1.38. The molecule has 5 rings (SSSR count). The fourth-order valence-corrected chi connectivity index (χ4v) is 4.21. The van der Waals surface area contributed by atoms with Crippen LogP contribution in [-0.4, -0.2) is 19.7 Å². The normalized spacial score (nSPS) is 14.7. The SMILES string of the molecule is Cc1c(-c2cccc3[nH]ccc23)c(F)cc2c1-n1c(C)nnc1C(C)(C)N2. The van der Waals surface area contributed by atoms with Crippen LogP contribution in [0.5, 0.6) is 0 Å². The Morgan fingerprint density at radius 1 is 1.11 bits per heavy atom. The molecule has 2 aromatic heterocycles. The maximum Gasteiger partial charge on any atom is 0.162 e. The third kappa shape index (κ3) is 2.10. The molecule has 5 nitrogen and oxygen atoms in total. The Balaban J connectivity index is 1.87. The Hall–Kier alpha value is -3.15. The van der Waals surface area contributed by atoms with Crippen LogP contribution in [0.25, 0.3) is 27.7 Å². The summed E-state index contributed by atoms with van der Waals surface area (Å²) < 4.78 is 17.4. The van der Waals surface area contributed by atoms with Crippen molar-refractivity contribution in [2.45, 2.75) is 33.2 Å². The number of anilines is 1. The largest absolute Gasteiger partial charge is 0.371 e. The van der Waals surface area contributed by atoms with Crippen LogP contribution in [0.1, 0.15) is 31.1 Å². The van der Waals surface area contributed by atoms with Crippen molar-refractivity contribution >= 4 is 16.6 Å². The molecule has 0 saturated heterocycles. The molecule has 0 radical (unpaired) electrons. The van der Waals surface area contributed by atoms with Crippen LogP contribution in [0.4, 0.5) is 10.1 Å². The molecule has 3 heterocycles. The van der Waals surface area contributed by atoms with Gasteiger partial charge in [-0.3, -0.25) is 4.57 Å². The van der Waals surface area contributed by atoms with Crippen LogP contribution in [0.3, 0.4) is 0 Å². The molecule has 0 amide bonds. The monoisotopic (exact) mass is 361 g/mol. The second-order valence-corrected chi connectivity index (χ2v) is 7.66. The number of hydrogen-bond acceptors (Lipinski definition) is 3. The Labute approximate surface area is 156 Å². The molecule has 1 aliphatic heterocycles. The van der Waals surface area contributed by atoms with E-state index in [1.54, 1.807) is 6.07 Å². The van der Waals surface area contributed by atoms with Crippen molar-refractivity contribution in [3.05, 3.63) is 59.6 Å². The number of benzene rings is 2. The smallest absolute Gasteiger partial charge is 0.162 e. The first kappa shape index (κ1) is 16.1. The van der Waals surface area contributed by atoms with Gasteiger partial charge in [-0.15, -0.1) is 10.2 Å². The van der Waals surface area contributed by atoms with Gasteiger partial charge in [0.1, 0.15) is 11.6 Å². The predicted octanol–water partition coefficient (Wildman–Crippen LogP) is 4.83. The highest BCUT2D eigenvalue weighted by molar-refractivity contribution is 5.97. The minimum atomic E-state index is -0.435. The zero-order chi connectivity index (χ0) is 18.9. The van der Waals surface area contributed by atoms with Gasteiger partial charge in [-0.2, -0.15) is 0 Å². The van der Waals surface area contributed by atoms with E-state index in [1.165, 1.54) is 0 Å². The first-order valence-corrected chi connectivity index (χ1v) is 8.99. The Morgan fingerprint density at radius 2 is 1.93 bits per heavy atom. The van der Waals surface area contributed by atoms with Gasteiger partial charge in [0.05, 0.1) is 16.9 Å². The Kier molecular flexibility index (Phi) is 3.09. The van der Waals surface area contributed by atoms with Gasteiger partial charge in [0.15, 0.2) is 5.82 Å². The first-order chi connectivity index (χ1) is 12.9. The van der Waals surface area contributed by atoms with Crippen molar-refractivity contribution in [2.24, 2.45) is 0 Å². The summed E-state index contributed by atoms with van der Waals surface area (Å²) in [6.45, 7) is 7.94. The summed E-state index contributed by atoms with van der Waals surface area (Å²) in [6.07, 6.45) is 1.88. The van der Waals surface area contributed by atoms with Gasteiger partial charge in [-0.05, 0) is 57.0 Å². The highest BCUT2D eigenvalue weighted by Crippen LogP contribution is 2.43. The number of fused-ring (bicyclic) bond motifs is 4. The highest BCUT2D eigenvalue weighted by atomic mass is 19.1. The van der Waals surface area contributed by atoms with Gasteiger partial charge in [0.2, 0.25) is 0 Å². The van der Waals surface area contributed by atoms with E-state index in [9.17, 15) is 0 Å². The van der Waals surface area contributed by atoms with Gasteiger partial charge in [0.25, 0.3) is 0 Å². The number of hydrogen-bond donors (Lipinski definition) is 2. The molecule has 0 saturated carbocycles. The summed E-state index contributed by atoms with van der Waals surface area (Å²) in [5, 5.41) is 13.1. The lowest BCUT2D eigenvalue weighted by atomic mass is 9.92. The van der Waals surface area contributed by atoms with Crippen LogP contribution in [0.15, 0.2) is 36.5 Å². The summed E-state index contributed by atoms with van der Waals surface area (Å²) in [7, 11) is 0. The average molecular weight is 361 g/mol. The van der Waals surface area contributed by atoms with Crippen molar-refractivity contribution < 1.29 is 4.39 Å². The molecule has 0 aliphatic carbocycles. The van der Waals surface area contributed by atoms with E-state index >= 15 is 4.39 Å². The number of aromatic nitrogens is 4. The summed E-state index contributed by atoms with van der Waals surface area (Å²) in [6, 6.07) is 9.49. The minimum Gasteiger partial charge on any atom is -0.371 e.